The molecule has 0 radical (unpaired) electrons. The number of nitrogens with zero attached hydrogens (tertiary/aromatic N) is 6. The van der Waals surface area contributed by atoms with E-state index in [1.807, 2.05) is 43.3 Å². The Bertz CT molecular complexity index is 2540. The van der Waals surface area contributed by atoms with Crippen LogP contribution >= 0.6 is 11.8 Å². The summed E-state index contributed by atoms with van der Waals surface area (Å²) >= 11 is 1.73. The van der Waals surface area contributed by atoms with Crippen LogP contribution in [-0.2, 0) is 44.7 Å². The van der Waals surface area contributed by atoms with E-state index in [0.29, 0.717) is 23.3 Å². The molecule has 2 aromatic carbocycles. The molecule has 6 aliphatic heterocycles. The number of aromatic nitrogens is 1. The number of carbonyl (C=O) groups excluding carboxylic acids is 8. The molecule has 0 aliphatic carbocycles. The molecule has 19 nitrogen and oxygen atoms in total. The number of esters is 1. The first-order valence-corrected chi connectivity index (χ1v) is 26.4. The number of amides is 6. The summed E-state index contributed by atoms with van der Waals surface area (Å²) < 4.78 is 5.97. The lowest BCUT2D eigenvalue weighted by Crippen LogP contribution is -2.63. The predicted molar refractivity (Wildman–Crippen MR) is 272 cm³/mol. The van der Waals surface area contributed by atoms with Crippen LogP contribution in [0.4, 0.5) is 5.69 Å². The third kappa shape index (κ3) is 11.8. The average molecular weight is 1020 g/mol. The van der Waals surface area contributed by atoms with Gasteiger partial charge in [-0.3, -0.25) is 33.6 Å². The summed E-state index contributed by atoms with van der Waals surface area (Å²) in [5, 5.41) is 18.8. The second-order valence-electron chi connectivity index (χ2n) is 20.1. The number of rotatable bonds is 10. The average Bonchev–Trinajstić information content (AvgIpc) is 3.89. The van der Waals surface area contributed by atoms with E-state index in [1.54, 1.807) is 49.0 Å². The molecule has 9 rings (SSSR count). The summed E-state index contributed by atoms with van der Waals surface area (Å²) in [5.41, 5.74) is 1.49. The van der Waals surface area contributed by atoms with Crippen LogP contribution in [-0.4, -0.2) is 178 Å². The van der Waals surface area contributed by atoms with Crippen LogP contribution < -0.4 is 20.9 Å². The van der Waals surface area contributed by atoms with Crippen molar-refractivity contribution in [1.82, 2.24) is 40.5 Å². The van der Waals surface area contributed by atoms with Gasteiger partial charge in [-0.25, -0.2) is 9.78 Å². The van der Waals surface area contributed by atoms with Crippen molar-refractivity contribution in [2.24, 2.45) is 11.8 Å². The highest BCUT2D eigenvalue weighted by Gasteiger charge is 2.48. The van der Waals surface area contributed by atoms with E-state index < -0.39 is 101 Å². The molecule has 20 heteroatoms. The number of likely N-dealkylation sites (N-methyl/N-ethyl adjacent to an activating group) is 1. The number of benzene rings is 2. The number of anilines is 1. The Labute approximate surface area is 430 Å². The van der Waals surface area contributed by atoms with Gasteiger partial charge in [0.05, 0.1) is 0 Å². The maximum Gasteiger partial charge on any atom is 0.333 e. The van der Waals surface area contributed by atoms with Crippen LogP contribution in [0, 0.1) is 11.8 Å². The SMILES string of the molecule is CC[C@H]1NC(=O)[C@@H](NC(=O)c2ncccc2O)[C@@H](C)OC(=O)[C@H](c2ccccc2)NC(=O)[C@@H]2CC(=O)[C@H](CS[C@@H]3CN4CCC3CC4)CN2C(=O)[C@H](Cc2ccc(N(C)C)cc2)N(C)C(=O)[C@H]2CCCN2C1=O. The van der Waals surface area contributed by atoms with Gasteiger partial charge in [-0.05, 0) is 93.4 Å². The number of carbonyl (C=O) groups is 8. The molecule has 6 fully saturated rings. The number of nitrogens with one attached hydrogen (secondary N) is 3. The first-order chi connectivity index (χ1) is 35.0. The minimum absolute atomic E-state index is 0.0289. The molecule has 2 bridgehead atoms. The Hall–Kier alpha value is -6.54. The number of piperidine rings is 4. The van der Waals surface area contributed by atoms with Crippen molar-refractivity contribution in [2.75, 3.05) is 64.5 Å². The van der Waals surface area contributed by atoms with Crippen LogP contribution in [0.15, 0.2) is 72.9 Å². The van der Waals surface area contributed by atoms with Gasteiger partial charge in [0.15, 0.2) is 11.7 Å². The van der Waals surface area contributed by atoms with Crippen molar-refractivity contribution < 1.29 is 48.2 Å². The zero-order valence-electron chi connectivity index (χ0n) is 42.1. The highest BCUT2D eigenvalue weighted by atomic mass is 32.2. The number of thioether (sulfide) groups is 1. The zero-order chi connectivity index (χ0) is 52.1. The van der Waals surface area contributed by atoms with E-state index in [9.17, 15) is 29.1 Å². The van der Waals surface area contributed by atoms with Crippen LogP contribution in [0.2, 0.25) is 0 Å². The molecule has 3 aromatic rings. The molecule has 73 heavy (non-hydrogen) atoms. The Balaban J connectivity index is 1.19. The number of hydrogen-bond acceptors (Lipinski definition) is 14. The molecule has 6 amide bonds. The van der Waals surface area contributed by atoms with E-state index in [2.05, 4.69) is 25.8 Å². The summed E-state index contributed by atoms with van der Waals surface area (Å²) in [4.78, 5) is 130. The second-order valence-corrected chi connectivity index (χ2v) is 21.4. The van der Waals surface area contributed by atoms with Crippen molar-refractivity contribution >= 4 is 64.6 Å². The number of pyridine rings is 1. The van der Waals surface area contributed by atoms with E-state index in [4.69, 9.17) is 4.74 Å². The minimum atomic E-state index is -1.69. The second kappa shape index (κ2) is 23.1. The summed E-state index contributed by atoms with van der Waals surface area (Å²) in [6.07, 6.45) is 2.40. The molecule has 0 unspecified atom stereocenters. The molecule has 0 saturated carbocycles. The van der Waals surface area contributed by atoms with Crippen molar-refractivity contribution in [2.45, 2.75) is 106 Å². The molecule has 7 heterocycles. The van der Waals surface area contributed by atoms with Crippen molar-refractivity contribution in [3.63, 3.8) is 0 Å². The molecular formula is C53H67N9O10S. The minimum Gasteiger partial charge on any atom is -0.505 e. The number of fused-ring (bicyclic) bond motifs is 5. The molecule has 0 spiro atoms. The number of aromatic hydroxyl groups is 1. The topological polar surface area (TPSA) is 231 Å². The molecular weight excluding hydrogens is 955 g/mol. The predicted octanol–water partition coefficient (Wildman–Crippen LogP) is 2.32. The fourth-order valence-electron chi connectivity index (χ4n) is 10.8. The van der Waals surface area contributed by atoms with Gasteiger partial charge in [0.2, 0.25) is 29.5 Å². The Morgan fingerprint density at radius 3 is 2.23 bits per heavy atom. The summed E-state index contributed by atoms with van der Waals surface area (Å²) in [7, 11) is 5.33. The normalized spacial score (nSPS) is 29.5. The highest BCUT2D eigenvalue weighted by Crippen LogP contribution is 2.37. The van der Waals surface area contributed by atoms with Crippen molar-refractivity contribution in [1.29, 1.82) is 0 Å². The van der Waals surface area contributed by atoms with Gasteiger partial charge >= 0.3 is 5.97 Å². The largest absolute Gasteiger partial charge is 0.505 e. The fraction of sp³-hybridized carbons (Fsp3) is 0.528. The van der Waals surface area contributed by atoms with E-state index in [-0.39, 0.29) is 50.1 Å². The van der Waals surface area contributed by atoms with Gasteiger partial charge in [0, 0.05) is 82.4 Å². The third-order valence-corrected chi connectivity index (χ3v) is 16.7. The summed E-state index contributed by atoms with van der Waals surface area (Å²) in [5.74, 6) is -5.83. The van der Waals surface area contributed by atoms with Crippen LogP contribution in [0.3, 0.4) is 0 Å². The third-order valence-electron chi connectivity index (χ3n) is 15.2. The van der Waals surface area contributed by atoms with Crippen LogP contribution in [0.1, 0.15) is 80.0 Å². The fourth-order valence-corrected chi connectivity index (χ4v) is 12.4. The Morgan fingerprint density at radius 1 is 0.849 bits per heavy atom. The molecule has 4 N–H and O–H groups in total. The lowest BCUT2D eigenvalue weighted by molar-refractivity contribution is -0.157. The standard InChI is InChI=1S/C53H67N9O10S/c1-6-37-50(68)61-23-11-14-38(61)51(69)59(5)40(26-32-16-18-36(19-17-32)58(3)4)52(70)62-28-35(30-73-43-29-60-24-20-33(43)21-25-60)42(64)27-39(62)47(65)57-45(34-12-8-7-9-13-34)53(71)72-31(2)44(48(66)55-37)56-49(67)46-41(63)15-10-22-54-46/h7-10,12-13,15-19,22,31,33,35,37-40,43-45,63H,6,11,14,20-21,23-30H2,1-5H3,(H,55,66)(H,56,67)(H,57,65)/t31-,35+,37-,38-,39+,40+,43-,44+,45+/m1/s1. The monoisotopic (exact) mass is 1020 g/mol. The number of ether oxygens (including phenoxy) is 1. The van der Waals surface area contributed by atoms with E-state index in [1.165, 1.54) is 47.0 Å². The lowest BCUT2D eigenvalue weighted by atomic mass is 9.88. The Morgan fingerprint density at radius 2 is 1.58 bits per heavy atom. The van der Waals surface area contributed by atoms with Crippen LogP contribution in [0.25, 0.3) is 0 Å². The van der Waals surface area contributed by atoms with Crippen molar-refractivity contribution in [3.8, 4) is 5.75 Å². The Kier molecular flexibility index (Phi) is 16.7. The first-order valence-electron chi connectivity index (χ1n) is 25.3. The maximum atomic E-state index is 15.7. The summed E-state index contributed by atoms with van der Waals surface area (Å²) in [6.45, 7) is 6.11. The number of Topliss-reactive ketones (excluding diaryl/α,β-unsaturated/α-hetero) is 1. The van der Waals surface area contributed by atoms with Gasteiger partial charge in [-0.2, -0.15) is 11.8 Å². The lowest BCUT2D eigenvalue weighted by Gasteiger charge is -2.45. The van der Waals surface area contributed by atoms with E-state index in [0.717, 1.165) is 43.7 Å². The van der Waals surface area contributed by atoms with Gasteiger partial charge in [0.1, 0.15) is 47.8 Å². The van der Waals surface area contributed by atoms with Crippen molar-refractivity contribution in [3.05, 3.63) is 89.7 Å². The molecule has 6 saturated heterocycles. The van der Waals surface area contributed by atoms with Gasteiger partial charge < -0.3 is 50.3 Å². The van der Waals surface area contributed by atoms with E-state index >= 15 is 14.4 Å². The number of hydrogen-bond donors (Lipinski definition) is 4. The van der Waals surface area contributed by atoms with Crippen LogP contribution in [0.5, 0.6) is 5.75 Å². The zero-order valence-corrected chi connectivity index (χ0v) is 42.9. The van der Waals surface area contributed by atoms with Gasteiger partial charge in [-0.15, -0.1) is 0 Å². The molecule has 6 aliphatic rings. The van der Waals surface area contributed by atoms with Gasteiger partial charge in [0.25, 0.3) is 5.91 Å². The number of ketones is 1. The number of cyclic esters (lactones) is 1. The quantitative estimate of drug-likeness (QED) is 0.214. The van der Waals surface area contributed by atoms with Gasteiger partial charge in [-0.1, -0.05) is 49.4 Å². The maximum absolute atomic E-state index is 15.7. The first kappa shape index (κ1) is 52.8. The highest BCUT2D eigenvalue weighted by molar-refractivity contribution is 8.00. The smallest absolute Gasteiger partial charge is 0.333 e. The summed E-state index contributed by atoms with van der Waals surface area (Å²) in [6, 6.07) is 10.3. The molecule has 1 aromatic heterocycles. The molecule has 390 valence electrons. The molecule has 9 atom stereocenters.